The van der Waals surface area contributed by atoms with Gasteiger partial charge in [0, 0.05) is 39.8 Å². The molecule has 1 rings (SSSR count). The summed E-state index contributed by atoms with van der Waals surface area (Å²) in [7, 11) is 1.62. The van der Waals surface area contributed by atoms with Crippen molar-refractivity contribution in [2.75, 3.05) is 46.4 Å². The van der Waals surface area contributed by atoms with Crippen LogP contribution < -0.4 is 5.32 Å². The quantitative estimate of drug-likeness (QED) is 0.669. The van der Waals surface area contributed by atoms with Crippen LogP contribution in [0.5, 0.6) is 0 Å². The molecule has 0 aromatic rings. The fourth-order valence-corrected chi connectivity index (χ4v) is 2.46. The van der Waals surface area contributed by atoms with Gasteiger partial charge in [0.05, 0.1) is 24.8 Å². The second-order valence-electron chi connectivity index (χ2n) is 5.08. The minimum absolute atomic E-state index is 0.00276. The number of methoxy groups -OCH3 is 1. The Kier molecular flexibility index (Phi) is 7.52. The molecule has 1 N–H and O–H groups in total. The van der Waals surface area contributed by atoms with E-state index in [1.165, 1.54) is 0 Å². The molecule has 0 saturated carbocycles. The molecule has 1 heterocycles. The largest absolute Gasteiger partial charge is 0.383 e. The second kappa shape index (κ2) is 8.90. The number of nitriles is 1. The van der Waals surface area contributed by atoms with Crippen LogP contribution in [0.25, 0.3) is 0 Å². The number of piperazine rings is 1. The van der Waals surface area contributed by atoms with Crippen molar-refractivity contribution in [2.24, 2.45) is 0 Å². The lowest BCUT2D eigenvalue weighted by molar-refractivity contribution is -0.126. The highest BCUT2D eigenvalue weighted by atomic mass is 16.5. The van der Waals surface area contributed by atoms with E-state index in [0.717, 1.165) is 32.6 Å². The standard InChI is InChI=1S/C14H26N4O2/c1-4-13(11-15)18-8-6-17(7-9-18)12(2)14(19)16-5-10-20-3/h12-13H,4-10H2,1-3H3,(H,16,19). The number of rotatable bonds is 7. The molecule has 2 atom stereocenters. The number of ether oxygens (including phenoxy) is 1. The van der Waals surface area contributed by atoms with Gasteiger partial charge >= 0.3 is 0 Å². The van der Waals surface area contributed by atoms with Gasteiger partial charge in [0.1, 0.15) is 0 Å². The van der Waals surface area contributed by atoms with E-state index < -0.39 is 0 Å². The molecule has 20 heavy (non-hydrogen) atoms. The Morgan fingerprint density at radius 1 is 1.35 bits per heavy atom. The summed E-state index contributed by atoms with van der Waals surface area (Å²) in [6.07, 6.45) is 0.851. The Balaban J connectivity index is 2.37. The number of carbonyl (C=O) groups excluding carboxylic acids is 1. The molecule has 0 aliphatic carbocycles. The van der Waals surface area contributed by atoms with E-state index in [9.17, 15) is 4.79 Å². The predicted octanol–water partition coefficient (Wildman–Crippen LogP) is 0.0573. The third-order valence-electron chi connectivity index (χ3n) is 3.86. The first-order chi connectivity index (χ1) is 9.63. The molecule has 1 fully saturated rings. The zero-order chi connectivity index (χ0) is 15.0. The maximum atomic E-state index is 12.0. The number of nitrogens with one attached hydrogen (secondary N) is 1. The Hall–Kier alpha value is -1.16. The molecule has 1 aliphatic rings. The molecule has 2 unspecified atom stereocenters. The predicted molar refractivity (Wildman–Crippen MR) is 77.2 cm³/mol. The van der Waals surface area contributed by atoms with E-state index in [1.54, 1.807) is 7.11 Å². The van der Waals surface area contributed by atoms with Crippen LogP contribution in [0.2, 0.25) is 0 Å². The number of nitrogens with zero attached hydrogens (tertiary/aromatic N) is 3. The van der Waals surface area contributed by atoms with Gasteiger partial charge in [-0.3, -0.25) is 14.6 Å². The van der Waals surface area contributed by atoms with Crippen molar-refractivity contribution >= 4 is 5.91 Å². The maximum absolute atomic E-state index is 12.0. The van der Waals surface area contributed by atoms with Crippen molar-refractivity contribution in [3.05, 3.63) is 0 Å². The summed E-state index contributed by atoms with van der Waals surface area (Å²) in [4.78, 5) is 16.3. The summed E-state index contributed by atoms with van der Waals surface area (Å²) < 4.78 is 4.92. The van der Waals surface area contributed by atoms with Crippen molar-refractivity contribution in [1.82, 2.24) is 15.1 Å². The van der Waals surface area contributed by atoms with Gasteiger partial charge in [-0.25, -0.2) is 0 Å². The summed E-state index contributed by atoms with van der Waals surface area (Å²) in [6, 6.07) is 2.21. The third kappa shape index (κ3) is 4.75. The van der Waals surface area contributed by atoms with Gasteiger partial charge in [-0.1, -0.05) is 6.92 Å². The molecule has 6 heteroatoms. The van der Waals surface area contributed by atoms with Crippen molar-refractivity contribution in [1.29, 1.82) is 5.26 Å². The second-order valence-corrected chi connectivity index (χ2v) is 5.08. The number of carbonyl (C=O) groups is 1. The zero-order valence-electron chi connectivity index (χ0n) is 12.8. The minimum Gasteiger partial charge on any atom is -0.383 e. The summed E-state index contributed by atoms with van der Waals surface area (Å²) in [5, 5.41) is 11.9. The Labute approximate surface area is 121 Å². The van der Waals surface area contributed by atoms with E-state index in [2.05, 4.69) is 21.2 Å². The molecular weight excluding hydrogens is 256 g/mol. The van der Waals surface area contributed by atoms with Crippen molar-refractivity contribution in [3.63, 3.8) is 0 Å². The van der Waals surface area contributed by atoms with Crippen LogP contribution in [0.1, 0.15) is 20.3 Å². The topological polar surface area (TPSA) is 68.6 Å². The molecule has 1 amide bonds. The van der Waals surface area contributed by atoms with Crippen LogP contribution in [0.3, 0.4) is 0 Å². The Bertz CT molecular complexity index is 335. The molecule has 0 aromatic carbocycles. The number of hydrogen-bond acceptors (Lipinski definition) is 5. The minimum atomic E-state index is -0.129. The molecule has 114 valence electrons. The monoisotopic (exact) mass is 282 g/mol. The zero-order valence-corrected chi connectivity index (χ0v) is 12.8. The number of hydrogen-bond donors (Lipinski definition) is 1. The van der Waals surface area contributed by atoms with Crippen LogP contribution in [-0.2, 0) is 9.53 Å². The van der Waals surface area contributed by atoms with Crippen LogP contribution in [0.4, 0.5) is 0 Å². The van der Waals surface area contributed by atoms with Gasteiger partial charge in [-0.05, 0) is 13.3 Å². The van der Waals surface area contributed by atoms with Crippen molar-refractivity contribution in [2.45, 2.75) is 32.4 Å². The summed E-state index contributed by atoms with van der Waals surface area (Å²) in [5.41, 5.74) is 0. The Morgan fingerprint density at radius 2 is 1.95 bits per heavy atom. The molecule has 1 saturated heterocycles. The van der Waals surface area contributed by atoms with Crippen molar-refractivity contribution in [3.8, 4) is 6.07 Å². The molecular formula is C14H26N4O2. The highest BCUT2D eigenvalue weighted by Crippen LogP contribution is 2.11. The van der Waals surface area contributed by atoms with Gasteiger partial charge in [0.25, 0.3) is 0 Å². The van der Waals surface area contributed by atoms with E-state index in [1.807, 2.05) is 13.8 Å². The smallest absolute Gasteiger partial charge is 0.237 e. The highest BCUT2D eigenvalue weighted by Gasteiger charge is 2.27. The van der Waals surface area contributed by atoms with Crippen LogP contribution in [0.15, 0.2) is 0 Å². The lowest BCUT2D eigenvalue weighted by Crippen LogP contribution is -2.55. The molecule has 0 bridgehead atoms. The van der Waals surface area contributed by atoms with E-state index in [-0.39, 0.29) is 18.0 Å². The van der Waals surface area contributed by atoms with Crippen LogP contribution in [0, 0.1) is 11.3 Å². The van der Waals surface area contributed by atoms with E-state index in [0.29, 0.717) is 13.2 Å². The molecule has 1 aliphatic heterocycles. The van der Waals surface area contributed by atoms with Gasteiger partial charge in [0.2, 0.25) is 5.91 Å². The average molecular weight is 282 g/mol. The third-order valence-corrected chi connectivity index (χ3v) is 3.86. The SMILES string of the molecule is CCC(C#N)N1CCN(C(C)C(=O)NCCOC)CC1. The fourth-order valence-electron chi connectivity index (χ4n) is 2.46. The summed E-state index contributed by atoms with van der Waals surface area (Å²) >= 11 is 0. The molecule has 0 aromatic heterocycles. The maximum Gasteiger partial charge on any atom is 0.237 e. The average Bonchev–Trinajstić information content (AvgIpc) is 2.48. The fraction of sp³-hybridized carbons (Fsp3) is 0.857. The van der Waals surface area contributed by atoms with E-state index in [4.69, 9.17) is 10.00 Å². The van der Waals surface area contributed by atoms with Gasteiger partial charge in [-0.2, -0.15) is 5.26 Å². The van der Waals surface area contributed by atoms with Crippen LogP contribution in [-0.4, -0.2) is 74.2 Å². The normalized spacial score (nSPS) is 20.1. The van der Waals surface area contributed by atoms with Gasteiger partial charge in [0.15, 0.2) is 0 Å². The molecule has 6 nitrogen and oxygen atoms in total. The number of amides is 1. The summed E-state index contributed by atoms with van der Waals surface area (Å²) in [5.74, 6) is 0.0443. The van der Waals surface area contributed by atoms with Gasteiger partial charge in [-0.15, -0.1) is 0 Å². The summed E-state index contributed by atoms with van der Waals surface area (Å²) in [6.45, 7) is 8.40. The van der Waals surface area contributed by atoms with Gasteiger partial charge < -0.3 is 10.1 Å². The lowest BCUT2D eigenvalue weighted by Gasteiger charge is -2.38. The van der Waals surface area contributed by atoms with Crippen LogP contribution >= 0.6 is 0 Å². The first-order valence-corrected chi connectivity index (χ1v) is 7.28. The first-order valence-electron chi connectivity index (χ1n) is 7.28. The Morgan fingerprint density at radius 3 is 2.45 bits per heavy atom. The van der Waals surface area contributed by atoms with E-state index >= 15 is 0 Å². The first kappa shape index (κ1) is 16.9. The highest BCUT2D eigenvalue weighted by molar-refractivity contribution is 5.81. The van der Waals surface area contributed by atoms with Crippen molar-refractivity contribution < 1.29 is 9.53 Å². The lowest BCUT2D eigenvalue weighted by atomic mass is 10.1. The molecule has 0 radical (unpaired) electrons. The molecule has 0 spiro atoms.